The fraction of sp³-hybridized carbons (Fsp3) is 0.357. The number of fused-ring (bicyclic) bond motifs is 4. The van der Waals surface area contributed by atoms with Crippen LogP contribution in [-0.2, 0) is 0 Å². The number of anilines is 4. The van der Waals surface area contributed by atoms with Crippen molar-refractivity contribution >= 4 is 56.2 Å². The summed E-state index contributed by atoms with van der Waals surface area (Å²) in [6, 6.07) is 14.3. The minimum Gasteiger partial charge on any atom is -0.340 e. The van der Waals surface area contributed by atoms with E-state index in [1.165, 1.54) is 64.2 Å². The molecule has 2 aliphatic heterocycles. The lowest BCUT2D eigenvalue weighted by molar-refractivity contribution is 0.651. The normalized spacial score (nSPS) is 14.0. The van der Waals surface area contributed by atoms with Crippen molar-refractivity contribution in [1.29, 1.82) is 0 Å². The predicted octanol–water partition coefficient (Wildman–Crippen LogP) is 9.13. The highest BCUT2D eigenvalue weighted by atomic mass is 32.1. The van der Waals surface area contributed by atoms with Crippen molar-refractivity contribution in [3.63, 3.8) is 0 Å². The zero-order valence-corrected chi connectivity index (χ0v) is 21.4. The second-order valence-electron chi connectivity index (χ2n) is 10.2. The molecule has 0 radical (unpaired) electrons. The summed E-state index contributed by atoms with van der Waals surface area (Å²) in [5.41, 5.74) is 8.35. The van der Waals surface area contributed by atoms with Gasteiger partial charge in [0.1, 0.15) is 0 Å². The lowest BCUT2D eigenvalue weighted by atomic mass is 9.88. The van der Waals surface area contributed by atoms with Crippen LogP contribution in [0.5, 0.6) is 0 Å². The highest BCUT2D eigenvalue weighted by Gasteiger charge is 2.33. The molecule has 4 aromatic rings. The van der Waals surface area contributed by atoms with Gasteiger partial charge in [-0.2, -0.15) is 0 Å². The van der Waals surface area contributed by atoms with E-state index in [1.807, 2.05) is 22.7 Å². The Kier molecular flexibility index (Phi) is 4.51. The highest BCUT2D eigenvalue weighted by molar-refractivity contribution is 7.16. The third kappa shape index (κ3) is 2.82. The molecule has 2 aromatic heterocycles. The summed E-state index contributed by atoms with van der Waals surface area (Å²) in [5, 5.41) is 2.89. The fourth-order valence-corrected chi connectivity index (χ4v) is 7.55. The van der Waals surface area contributed by atoms with E-state index >= 15 is 0 Å². The van der Waals surface area contributed by atoms with Crippen LogP contribution < -0.4 is 9.80 Å². The molecule has 4 heteroatoms. The second-order valence-corrected chi connectivity index (χ2v) is 12.7. The Labute approximate surface area is 199 Å². The molecule has 4 heterocycles. The summed E-state index contributed by atoms with van der Waals surface area (Å²) in [6.45, 7) is 15.9. The van der Waals surface area contributed by atoms with Crippen molar-refractivity contribution in [1.82, 2.24) is 0 Å². The van der Waals surface area contributed by atoms with E-state index < -0.39 is 0 Å². The van der Waals surface area contributed by atoms with Crippen molar-refractivity contribution in [3.05, 3.63) is 46.2 Å². The zero-order chi connectivity index (χ0) is 22.3. The Bertz CT molecular complexity index is 1270. The van der Waals surface area contributed by atoms with Crippen LogP contribution in [-0.4, -0.2) is 13.1 Å². The minimum atomic E-state index is 0.597. The van der Waals surface area contributed by atoms with E-state index in [0.29, 0.717) is 11.8 Å². The van der Waals surface area contributed by atoms with Gasteiger partial charge >= 0.3 is 0 Å². The first kappa shape index (κ1) is 20.3. The van der Waals surface area contributed by atoms with E-state index in [9.17, 15) is 0 Å². The summed E-state index contributed by atoms with van der Waals surface area (Å²) in [7, 11) is 0. The van der Waals surface area contributed by atoms with Crippen LogP contribution in [0.2, 0.25) is 0 Å². The number of nitrogens with zero attached hydrogens (tertiary/aromatic N) is 2. The van der Waals surface area contributed by atoms with Crippen LogP contribution in [0.15, 0.2) is 36.4 Å². The number of benzene rings is 2. The molecular weight excluding hydrogens is 428 g/mol. The Hall–Kier alpha value is -2.30. The molecule has 0 saturated heterocycles. The molecular formula is C28H30N2S2. The Balaban J connectivity index is 1.72. The molecule has 0 unspecified atom stereocenters. The standard InChI is InChI=1S/C28H30N2S2/c1-15(2)13-29-21-9-7-20-26-22(30(14-16(3)4)24-12-18(6)32-28(20)24)10-8-19(25(21)26)27-23(29)11-17(5)31-27/h7-12,15-16H,13-14H2,1-6H3. The van der Waals surface area contributed by atoms with Crippen molar-refractivity contribution in [2.24, 2.45) is 11.8 Å². The van der Waals surface area contributed by atoms with Gasteiger partial charge in [-0.15, -0.1) is 22.7 Å². The number of hydrogen-bond acceptors (Lipinski definition) is 4. The average Bonchev–Trinajstić information content (AvgIpc) is 3.31. The number of hydrogen-bond donors (Lipinski definition) is 0. The maximum absolute atomic E-state index is 2.58. The molecule has 0 N–H and O–H groups in total. The van der Waals surface area contributed by atoms with Gasteiger partial charge < -0.3 is 9.80 Å². The summed E-state index contributed by atoms with van der Waals surface area (Å²) in [6.07, 6.45) is 0. The smallest absolute Gasteiger partial charge is 0.0603 e. The van der Waals surface area contributed by atoms with E-state index in [4.69, 9.17) is 0 Å². The van der Waals surface area contributed by atoms with Crippen LogP contribution in [0.25, 0.3) is 31.7 Å². The van der Waals surface area contributed by atoms with Gasteiger partial charge in [-0.3, -0.25) is 0 Å². The van der Waals surface area contributed by atoms with Gasteiger partial charge in [0.15, 0.2) is 0 Å². The molecule has 0 fully saturated rings. The first-order valence-electron chi connectivity index (χ1n) is 11.7. The summed E-state index contributed by atoms with van der Waals surface area (Å²) >= 11 is 3.89. The fourth-order valence-electron chi connectivity index (χ4n) is 5.46. The third-order valence-electron chi connectivity index (χ3n) is 6.54. The van der Waals surface area contributed by atoms with Gasteiger partial charge in [-0.05, 0) is 49.9 Å². The second kappa shape index (κ2) is 7.10. The summed E-state index contributed by atoms with van der Waals surface area (Å²) < 4.78 is 0. The van der Waals surface area contributed by atoms with Gasteiger partial charge in [0, 0.05) is 56.1 Å². The summed E-state index contributed by atoms with van der Waals surface area (Å²) in [5.74, 6) is 1.19. The van der Waals surface area contributed by atoms with Crippen LogP contribution in [0.1, 0.15) is 37.4 Å². The lowest BCUT2D eigenvalue weighted by Gasteiger charge is -2.37. The van der Waals surface area contributed by atoms with E-state index in [0.717, 1.165) is 13.1 Å². The molecule has 2 aromatic carbocycles. The average molecular weight is 459 g/mol. The van der Waals surface area contributed by atoms with Gasteiger partial charge in [0.05, 0.1) is 21.1 Å². The zero-order valence-electron chi connectivity index (χ0n) is 19.7. The Morgan fingerprint density at radius 2 is 1.03 bits per heavy atom. The molecule has 6 rings (SSSR count). The predicted molar refractivity (Wildman–Crippen MR) is 144 cm³/mol. The molecule has 0 aliphatic carbocycles. The molecule has 2 aliphatic rings. The number of aryl methyl sites for hydroxylation is 2. The summed E-state index contributed by atoms with van der Waals surface area (Å²) in [4.78, 5) is 10.8. The van der Waals surface area contributed by atoms with Crippen molar-refractivity contribution in [3.8, 4) is 20.9 Å². The number of thiophene rings is 2. The van der Waals surface area contributed by atoms with E-state index in [-0.39, 0.29) is 0 Å². The van der Waals surface area contributed by atoms with Crippen LogP contribution >= 0.6 is 22.7 Å². The first-order chi connectivity index (χ1) is 15.3. The molecule has 0 atom stereocenters. The molecule has 0 bridgehead atoms. The van der Waals surface area contributed by atoms with Crippen molar-refractivity contribution in [2.75, 3.05) is 22.9 Å². The van der Waals surface area contributed by atoms with Crippen LogP contribution in [0.3, 0.4) is 0 Å². The Morgan fingerprint density at radius 3 is 1.41 bits per heavy atom. The highest BCUT2D eigenvalue weighted by Crippen LogP contribution is 2.58. The van der Waals surface area contributed by atoms with E-state index in [2.05, 4.69) is 87.7 Å². The van der Waals surface area contributed by atoms with Gasteiger partial charge in [0.2, 0.25) is 0 Å². The number of rotatable bonds is 4. The van der Waals surface area contributed by atoms with Crippen molar-refractivity contribution < 1.29 is 0 Å². The van der Waals surface area contributed by atoms with Crippen LogP contribution in [0, 0.1) is 25.7 Å². The largest absolute Gasteiger partial charge is 0.340 e. The van der Waals surface area contributed by atoms with E-state index in [1.54, 1.807) is 0 Å². The molecule has 164 valence electrons. The molecule has 2 nitrogen and oxygen atoms in total. The molecule has 0 saturated carbocycles. The quantitative estimate of drug-likeness (QED) is 0.301. The van der Waals surface area contributed by atoms with Gasteiger partial charge in [-0.1, -0.05) is 39.8 Å². The van der Waals surface area contributed by atoms with Crippen molar-refractivity contribution in [2.45, 2.75) is 41.5 Å². The monoisotopic (exact) mass is 458 g/mol. The van der Waals surface area contributed by atoms with Crippen LogP contribution in [0.4, 0.5) is 22.7 Å². The maximum atomic E-state index is 2.58. The molecule has 0 amide bonds. The molecule has 32 heavy (non-hydrogen) atoms. The third-order valence-corrected chi connectivity index (χ3v) is 8.68. The first-order valence-corrected chi connectivity index (χ1v) is 13.3. The molecule has 0 spiro atoms. The maximum Gasteiger partial charge on any atom is 0.0603 e. The van der Waals surface area contributed by atoms with Gasteiger partial charge in [0.25, 0.3) is 0 Å². The topological polar surface area (TPSA) is 6.48 Å². The SMILES string of the molecule is Cc1cc2c(s1)-c1ccc3c4c(ccc(c14)N2CC(C)C)-c1sc(C)cc1N3CC(C)C. The lowest BCUT2D eigenvalue weighted by Crippen LogP contribution is -2.26. The van der Waals surface area contributed by atoms with Gasteiger partial charge in [-0.25, -0.2) is 0 Å². The Morgan fingerprint density at radius 1 is 0.625 bits per heavy atom. The minimum absolute atomic E-state index is 0.597.